The third-order valence-electron chi connectivity index (χ3n) is 4.12. The van der Waals surface area contributed by atoms with Gasteiger partial charge in [-0.15, -0.1) is 10.2 Å². The molecule has 1 atom stereocenters. The van der Waals surface area contributed by atoms with Crippen LogP contribution in [0.2, 0.25) is 0 Å². The fraction of sp³-hybridized carbons (Fsp3) is 0.562. The standard InChI is InChI=1S/C16H22N4OS/c1-12(17-15(21)7-6-13-8-10-22-11-13)16-19-18-14-5-3-2-4-9-20(14)16/h8,10-12H,2-7,9H2,1H3,(H,17,21). The molecule has 1 N–H and O–H groups in total. The highest BCUT2D eigenvalue weighted by Crippen LogP contribution is 2.18. The second kappa shape index (κ2) is 7.05. The Morgan fingerprint density at radius 1 is 1.41 bits per heavy atom. The van der Waals surface area contributed by atoms with Crippen molar-refractivity contribution in [1.29, 1.82) is 0 Å². The van der Waals surface area contributed by atoms with Crippen LogP contribution in [0.5, 0.6) is 0 Å². The van der Waals surface area contributed by atoms with E-state index in [0.29, 0.717) is 6.42 Å². The molecule has 0 radical (unpaired) electrons. The molecule has 0 fully saturated rings. The minimum Gasteiger partial charge on any atom is -0.346 e. The van der Waals surface area contributed by atoms with Gasteiger partial charge in [-0.25, -0.2) is 0 Å². The van der Waals surface area contributed by atoms with Gasteiger partial charge in [0, 0.05) is 19.4 Å². The van der Waals surface area contributed by atoms with Gasteiger partial charge < -0.3 is 9.88 Å². The first-order valence-electron chi connectivity index (χ1n) is 7.96. The fourth-order valence-electron chi connectivity index (χ4n) is 2.90. The summed E-state index contributed by atoms with van der Waals surface area (Å²) in [4.78, 5) is 12.1. The highest BCUT2D eigenvalue weighted by atomic mass is 32.1. The molecule has 0 saturated heterocycles. The zero-order chi connectivity index (χ0) is 15.4. The largest absolute Gasteiger partial charge is 0.346 e. The predicted octanol–water partition coefficient (Wildman–Crippen LogP) is 2.88. The third kappa shape index (κ3) is 3.55. The molecule has 118 valence electrons. The van der Waals surface area contributed by atoms with E-state index in [-0.39, 0.29) is 11.9 Å². The number of hydrogen-bond acceptors (Lipinski definition) is 4. The van der Waals surface area contributed by atoms with Crippen molar-refractivity contribution in [2.24, 2.45) is 0 Å². The smallest absolute Gasteiger partial charge is 0.220 e. The van der Waals surface area contributed by atoms with Crippen LogP contribution in [0.25, 0.3) is 0 Å². The van der Waals surface area contributed by atoms with Crippen molar-refractivity contribution >= 4 is 17.2 Å². The lowest BCUT2D eigenvalue weighted by Crippen LogP contribution is -2.29. The second-order valence-corrected chi connectivity index (χ2v) is 6.64. The molecular formula is C16H22N4OS. The number of carbonyl (C=O) groups is 1. The lowest BCUT2D eigenvalue weighted by Gasteiger charge is -2.15. The third-order valence-corrected chi connectivity index (χ3v) is 4.86. The molecule has 0 bridgehead atoms. The van der Waals surface area contributed by atoms with Crippen LogP contribution in [0.4, 0.5) is 0 Å². The minimum absolute atomic E-state index is 0.0738. The number of aromatic nitrogens is 3. The zero-order valence-corrected chi connectivity index (χ0v) is 13.7. The summed E-state index contributed by atoms with van der Waals surface area (Å²) in [5.74, 6) is 2.03. The maximum absolute atomic E-state index is 12.1. The van der Waals surface area contributed by atoms with Crippen LogP contribution in [0.15, 0.2) is 16.8 Å². The van der Waals surface area contributed by atoms with Crippen LogP contribution >= 0.6 is 11.3 Å². The Kier molecular flexibility index (Phi) is 4.87. The molecule has 0 spiro atoms. The Balaban J connectivity index is 1.58. The topological polar surface area (TPSA) is 59.8 Å². The summed E-state index contributed by atoms with van der Waals surface area (Å²) in [6, 6.07) is 1.98. The maximum atomic E-state index is 12.1. The van der Waals surface area contributed by atoms with E-state index in [4.69, 9.17) is 0 Å². The molecule has 5 nitrogen and oxygen atoms in total. The van der Waals surface area contributed by atoms with Gasteiger partial charge in [0.25, 0.3) is 0 Å². The van der Waals surface area contributed by atoms with Crippen LogP contribution in [0.1, 0.15) is 55.9 Å². The van der Waals surface area contributed by atoms with Gasteiger partial charge in [0.05, 0.1) is 6.04 Å². The van der Waals surface area contributed by atoms with E-state index in [1.54, 1.807) is 11.3 Å². The number of amides is 1. The van der Waals surface area contributed by atoms with Crippen molar-refractivity contribution in [3.05, 3.63) is 34.0 Å². The summed E-state index contributed by atoms with van der Waals surface area (Å²) in [7, 11) is 0. The number of nitrogens with zero attached hydrogens (tertiary/aromatic N) is 3. The van der Waals surface area contributed by atoms with Gasteiger partial charge in [-0.1, -0.05) is 6.42 Å². The number of rotatable bonds is 5. The number of hydrogen-bond donors (Lipinski definition) is 1. The van der Waals surface area contributed by atoms with Crippen LogP contribution in [0.3, 0.4) is 0 Å². The quantitative estimate of drug-likeness (QED) is 0.922. The molecular weight excluding hydrogens is 296 g/mol. The van der Waals surface area contributed by atoms with Crippen LogP contribution in [0, 0.1) is 0 Å². The molecule has 1 amide bonds. The molecule has 1 unspecified atom stereocenters. The maximum Gasteiger partial charge on any atom is 0.220 e. The number of aryl methyl sites for hydroxylation is 2. The van der Waals surface area contributed by atoms with E-state index >= 15 is 0 Å². The first kappa shape index (κ1) is 15.2. The highest BCUT2D eigenvalue weighted by molar-refractivity contribution is 7.07. The van der Waals surface area contributed by atoms with E-state index in [1.807, 2.05) is 12.3 Å². The summed E-state index contributed by atoms with van der Waals surface area (Å²) in [5.41, 5.74) is 1.23. The van der Waals surface area contributed by atoms with E-state index in [9.17, 15) is 4.79 Å². The van der Waals surface area contributed by atoms with Crippen LogP contribution in [-0.2, 0) is 24.2 Å². The van der Waals surface area contributed by atoms with Crippen LogP contribution < -0.4 is 5.32 Å². The highest BCUT2D eigenvalue weighted by Gasteiger charge is 2.20. The Morgan fingerprint density at radius 2 is 2.32 bits per heavy atom. The molecule has 1 aliphatic rings. The van der Waals surface area contributed by atoms with Crippen molar-refractivity contribution in [1.82, 2.24) is 20.1 Å². The SMILES string of the molecule is CC(NC(=O)CCc1ccsc1)c1nnc2n1CCCCC2. The number of fused-ring (bicyclic) bond motifs is 1. The molecule has 1 aliphatic heterocycles. The van der Waals surface area contributed by atoms with Crippen molar-refractivity contribution in [2.45, 2.75) is 58.0 Å². The lowest BCUT2D eigenvalue weighted by molar-refractivity contribution is -0.121. The van der Waals surface area contributed by atoms with E-state index in [0.717, 1.165) is 37.5 Å². The monoisotopic (exact) mass is 318 g/mol. The summed E-state index contributed by atoms with van der Waals surface area (Å²) in [5, 5.41) is 15.8. The number of thiophene rings is 1. The molecule has 22 heavy (non-hydrogen) atoms. The first-order valence-corrected chi connectivity index (χ1v) is 8.91. The molecule has 6 heteroatoms. The summed E-state index contributed by atoms with van der Waals surface area (Å²) >= 11 is 1.67. The Bertz CT molecular complexity index is 620. The first-order chi connectivity index (χ1) is 10.7. The summed E-state index contributed by atoms with van der Waals surface area (Å²) in [6.45, 7) is 2.96. The molecule has 0 aliphatic carbocycles. The van der Waals surface area contributed by atoms with Crippen LogP contribution in [-0.4, -0.2) is 20.7 Å². The van der Waals surface area contributed by atoms with Gasteiger partial charge in [-0.2, -0.15) is 11.3 Å². The van der Waals surface area contributed by atoms with Crippen molar-refractivity contribution < 1.29 is 4.79 Å². The van der Waals surface area contributed by atoms with Crippen molar-refractivity contribution in [3.8, 4) is 0 Å². The summed E-state index contributed by atoms with van der Waals surface area (Å²) in [6.07, 6.45) is 5.88. The molecule has 0 aromatic carbocycles. The van der Waals surface area contributed by atoms with E-state index in [1.165, 1.54) is 18.4 Å². The van der Waals surface area contributed by atoms with Gasteiger partial charge in [-0.3, -0.25) is 4.79 Å². The Hall–Kier alpha value is -1.69. The van der Waals surface area contributed by atoms with Gasteiger partial charge in [0.2, 0.25) is 5.91 Å². The van der Waals surface area contributed by atoms with Crippen molar-refractivity contribution in [2.75, 3.05) is 0 Å². The van der Waals surface area contributed by atoms with Gasteiger partial charge in [0.1, 0.15) is 5.82 Å². The summed E-state index contributed by atoms with van der Waals surface area (Å²) < 4.78 is 2.19. The van der Waals surface area contributed by atoms with Gasteiger partial charge >= 0.3 is 0 Å². The minimum atomic E-state index is -0.0886. The van der Waals surface area contributed by atoms with Gasteiger partial charge in [0.15, 0.2) is 5.82 Å². The molecule has 3 heterocycles. The van der Waals surface area contributed by atoms with E-state index in [2.05, 4.69) is 31.5 Å². The van der Waals surface area contributed by atoms with E-state index < -0.39 is 0 Å². The zero-order valence-electron chi connectivity index (χ0n) is 12.9. The lowest BCUT2D eigenvalue weighted by atomic mass is 10.2. The Morgan fingerprint density at radius 3 is 3.14 bits per heavy atom. The average molecular weight is 318 g/mol. The fourth-order valence-corrected chi connectivity index (χ4v) is 3.60. The second-order valence-electron chi connectivity index (χ2n) is 5.86. The molecule has 2 aromatic rings. The molecule has 0 saturated carbocycles. The Labute approximate surface area is 134 Å². The molecule has 2 aromatic heterocycles. The number of carbonyl (C=O) groups excluding carboxylic acids is 1. The van der Waals surface area contributed by atoms with Crippen molar-refractivity contribution in [3.63, 3.8) is 0 Å². The number of nitrogens with one attached hydrogen (secondary N) is 1. The normalized spacial score (nSPS) is 15.9. The predicted molar refractivity (Wildman–Crippen MR) is 86.8 cm³/mol. The average Bonchev–Trinajstić information content (AvgIpc) is 3.10. The molecule has 3 rings (SSSR count). The van der Waals surface area contributed by atoms with Gasteiger partial charge in [-0.05, 0) is 48.6 Å².